The minimum atomic E-state index is 0.138. The third-order valence-corrected chi connectivity index (χ3v) is 6.05. The Kier molecular flexibility index (Phi) is 5.76. The smallest absolute Gasteiger partial charge is 0.223 e. The molecule has 2 aromatic rings. The predicted octanol–water partition coefficient (Wildman–Crippen LogP) is 2.74. The van der Waals surface area contributed by atoms with E-state index in [0.717, 1.165) is 63.5 Å². The monoisotopic (exact) mass is 381 g/mol. The number of nitrogens with one attached hydrogen (secondary N) is 1. The van der Waals surface area contributed by atoms with Gasteiger partial charge in [0.2, 0.25) is 5.91 Å². The van der Waals surface area contributed by atoms with Crippen LogP contribution in [0.4, 0.5) is 0 Å². The van der Waals surface area contributed by atoms with Crippen LogP contribution >= 0.6 is 0 Å². The molecule has 6 heteroatoms. The predicted molar refractivity (Wildman–Crippen MR) is 109 cm³/mol. The summed E-state index contributed by atoms with van der Waals surface area (Å²) in [4.78, 5) is 15.3. The van der Waals surface area contributed by atoms with Crippen LogP contribution in [0.5, 0.6) is 0 Å². The summed E-state index contributed by atoms with van der Waals surface area (Å²) in [5.41, 5.74) is 1.35. The first-order valence-corrected chi connectivity index (χ1v) is 10.6. The number of carbonyl (C=O) groups is 1. The van der Waals surface area contributed by atoms with Crippen molar-refractivity contribution in [3.8, 4) is 0 Å². The van der Waals surface area contributed by atoms with Crippen LogP contribution < -0.4 is 5.32 Å². The molecular weight excluding hydrogens is 350 g/mol. The molecule has 0 aliphatic carbocycles. The Morgan fingerprint density at radius 3 is 2.61 bits per heavy atom. The quantitative estimate of drug-likeness (QED) is 0.865. The van der Waals surface area contributed by atoms with E-state index in [0.29, 0.717) is 5.92 Å². The van der Waals surface area contributed by atoms with E-state index in [1.54, 1.807) is 0 Å². The zero-order valence-electron chi connectivity index (χ0n) is 17.0. The lowest BCUT2D eigenvalue weighted by Crippen LogP contribution is -2.46. The van der Waals surface area contributed by atoms with Crippen LogP contribution in [0.25, 0.3) is 0 Å². The molecule has 0 bridgehead atoms. The van der Waals surface area contributed by atoms with Gasteiger partial charge in [-0.1, -0.05) is 44.2 Å². The summed E-state index contributed by atoms with van der Waals surface area (Å²) < 4.78 is 2.21. The highest BCUT2D eigenvalue weighted by atomic mass is 16.2. The van der Waals surface area contributed by atoms with Gasteiger partial charge in [0, 0.05) is 37.4 Å². The van der Waals surface area contributed by atoms with Gasteiger partial charge in [0.15, 0.2) is 0 Å². The van der Waals surface area contributed by atoms with Crippen molar-refractivity contribution in [2.75, 3.05) is 13.1 Å². The molecule has 28 heavy (non-hydrogen) atoms. The third-order valence-electron chi connectivity index (χ3n) is 6.05. The summed E-state index contributed by atoms with van der Waals surface area (Å²) in [6, 6.07) is 10.8. The van der Waals surface area contributed by atoms with Gasteiger partial charge in [-0.15, -0.1) is 10.2 Å². The largest absolute Gasteiger partial charge is 0.351 e. The number of aromatic nitrogens is 3. The van der Waals surface area contributed by atoms with Crippen molar-refractivity contribution in [3.05, 3.63) is 47.5 Å². The van der Waals surface area contributed by atoms with Crippen LogP contribution in [-0.2, 0) is 24.3 Å². The van der Waals surface area contributed by atoms with Crippen LogP contribution in [0.15, 0.2) is 30.3 Å². The Balaban J connectivity index is 1.27. The van der Waals surface area contributed by atoms with E-state index in [4.69, 9.17) is 0 Å². The Labute approximate surface area is 167 Å². The molecule has 0 spiro atoms. The van der Waals surface area contributed by atoms with E-state index in [1.807, 2.05) is 0 Å². The Morgan fingerprint density at radius 2 is 1.89 bits per heavy atom. The summed E-state index contributed by atoms with van der Waals surface area (Å²) in [5.74, 6) is 2.81. The lowest BCUT2D eigenvalue weighted by Gasteiger charge is -2.33. The number of carbonyl (C=O) groups excluding carboxylic acids is 1. The second kappa shape index (κ2) is 8.43. The molecule has 4 rings (SSSR count). The number of rotatable bonds is 5. The fourth-order valence-electron chi connectivity index (χ4n) is 4.41. The van der Waals surface area contributed by atoms with Crippen molar-refractivity contribution in [2.24, 2.45) is 5.92 Å². The number of fused-ring (bicyclic) bond motifs is 1. The summed E-state index contributed by atoms with van der Waals surface area (Å²) in [6.45, 7) is 8.04. The minimum absolute atomic E-state index is 0.138. The lowest BCUT2D eigenvalue weighted by molar-refractivity contribution is -0.127. The van der Waals surface area contributed by atoms with E-state index in [2.05, 4.69) is 69.2 Å². The molecule has 6 nitrogen and oxygen atoms in total. The molecule has 0 unspecified atom stereocenters. The summed E-state index contributed by atoms with van der Waals surface area (Å²) in [5, 5.41) is 12.0. The number of nitrogens with zero attached hydrogens (tertiary/aromatic N) is 4. The van der Waals surface area contributed by atoms with Gasteiger partial charge in [-0.2, -0.15) is 0 Å². The van der Waals surface area contributed by atoms with Crippen LogP contribution in [-0.4, -0.2) is 44.7 Å². The molecular formula is C22H31N5O. The molecule has 1 N–H and O–H groups in total. The summed E-state index contributed by atoms with van der Waals surface area (Å²) in [6.07, 6.45) is 3.73. The van der Waals surface area contributed by atoms with Crippen molar-refractivity contribution in [1.82, 2.24) is 25.0 Å². The van der Waals surface area contributed by atoms with Gasteiger partial charge in [-0.05, 0) is 37.9 Å². The van der Waals surface area contributed by atoms with E-state index in [-0.39, 0.29) is 17.9 Å². The zero-order valence-corrected chi connectivity index (χ0v) is 17.0. The third kappa shape index (κ3) is 4.27. The molecule has 0 radical (unpaired) electrons. The standard InChI is InChI=1S/C22H31N5O/c1-16(2)21-25-24-20-9-8-19(15-27(20)21)23-22(28)18-10-12-26(13-11-18)14-17-6-4-3-5-7-17/h3-7,16,18-19H,8-15H2,1-2H3,(H,23,28)/t19-/m0/s1. The second-order valence-electron chi connectivity index (χ2n) is 8.52. The normalized spacial score (nSPS) is 20.9. The topological polar surface area (TPSA) is 63.1 Å². The molecule has 1 amide bonds. The first-order chi connectivity index (χ1) is 13.6. The molecule has 1 aromatic heterocycles. The van der Waals surface area contributed by atoms with Gasteiger partial charge in [0.1, 0.15) is 11.6 Å². The molecule has 1 fully saturated rings. The highest BCUT2D eigenvalue weighted by Crippen LogP contribution is 2.22. The molecule has 0 saturated carbocycles. The minimum Gasteiger partial charge on any atom is -0.351 e. The average Bonchev–Trinajstić information content (AvgIpc) is 3.13. The van der Waals surface area contributed by atoms with Gasteiger partial charge in [0.05, 0.1) is 0 Å². The van der Waals surface area contributed by atoms with E-state index < -0.39 is 0 Å². The maximum Gasteiger partial charge on any atom is 0.223 e. The van der Waals surface area contributed by atoms with Crippen molar-refractivity contribution < 1.29 is 4.79 Å². The molecule has 150 valence electrons. The van der Waals surface area contributed by atoms with Gasteiger partial charge in [0.25, 0.3) is 0 Å². The Hall–Kier alpha value is -2.21. The summed E-state index contributed by atoms with van der Waals surface area (Å²) in [7, 11) is 0. The van der Waals surface area contributed by atoms with E-state index in [1.165, 1.54) is 5.56 Å². The van der Waals surface area contributed by atoms with Gasteiger partial charge < -0.3 is 9.88 Å². The number of aryl methyl sites for hydroxylation is 1. The zero-order chi connectivity index (χ0) is 19.5. The maximum absolute atomic E-state index is 12.8. The first-order valence-electron chi connectivity index (χ1n) is 10.6. The second-order valence-corrected chi connectivity index (χ2v) is 8.52. The van der Waals surface area contributed by atoms with Gasteiger partial charge in [-0.3, -0.25) is 9.69 Å². The van der Waals surface area contributed by atoms with Crippen LogP contribution in [0, 0.1) is 5.92 Å². The molecule has 1 atom stereocenters. The van der Waals surface area contributed by atoms with E-state index >= 15 is 0 Å². The number of amides is 1. The number of benzene rings is 1. The number of likely N-dealkylation sites (tertiary alicyclic amines) is 1. The van der Waals surface area contributed by atoms with Crippen molar-refractivity contribution >= 4 is 5.91 Å². The highest BCUT2D eigenvalue weighted by Gasteiger charge is 2.29. The fraction of sp³-hybridized carbons (Fsp3) is 0.591. The molecule has 2 aliphatic rings. The Bertz CT molecular complexity index is 793. The van der Waals surface area contributed by atoms with Crippen molar-refractivity contribution in [3.63, 3.8) is 0 Å². The number of piperidine rings is 1. The Morgan fingerprint density at radius 1 is 1.14 bits per heavy atom. The molecule has 1 saturated heterocycles. The van der Waals surface area contributed by atoms with E-state index in [9.17, 15) is 4.79 Å². The average molecular weight is 382 g/mol. The van der Waals surface area contributed by atoms with Crippen LogP contribution in [0.2, 0.25) is 0 Å². The highest BCUT2D eigenvalue weighted by molar-refractivity contribution is 5.79. The fourth-order valence-corrected chi connectivity index (χ4v) is 4.41. The molecule has 1 aromatic carbocycles. The SMILES string of the molecule is CC(C)c1nnc2n1C[C@@H](NC(=O)C1CCN(Cc3ccccc3)CC1)CC2. The lowest BCUT2D eigenvalue weighted by atomic mass is 9.94. The number of hydrogen-bond donors (Lipinski definition) is 1. The van der Waals surface area contributed by atoms with Crippen molar-refractivity contribution in [2.45, 2.75) is 64.6 Å². The van der Waals surface area contributed by atoms with Gasteiger partial charge >= 0.3 is 0 Å². The molecule has 3 heterocycles. The van der Waals surface area contributed by atoms with Crippen molar-refractivity contribution in [1.29, 1.82) is 0 Å². The first kappa shape index (κ1) is 19.1. The van der Waals surface area contributed by atoms with Crippen LogP contribution in [0.1, 0.15) is 56.2 Å². The number of hydrogen-bond acceptors (Lipinski definition) is 4. The summed E-state index contributed by atoms with van der Waals surface area (Å²) >= 11 is 0. The molecule has 2 aliphatic heterocycles. The van der Waals surface area contributed by atoms with Gasteiger partial charge in [-0.25, -0.2) is 0 Å². The van der Waals surface area contributed by atoms with Crippen LogP contribution in [0.3, 0.4) is 0 Å². The maximum atomic E-state index is 12.8.